The molecule has 4 N–H and O–H groups in total. The molecule has 0 spiro atoms. The molecule has 34 heavy (non-hydrogen) atoms. The number of rotatable bonds is 9. The molecular formula is C26H32FN5O2. The molecule has 0 bridgehead atoms. The third kappa shape index (κ3) is 5.16. The molecule has 0 amide bonds. The number of hydrogen-bond donors (Lipinski definition) is 3. The van der Waals surface area contributed by atoms with E-state index in [-0.39, 0.29) is 17.7 Å². The molecule has 8 heteroatoms. The van der Waals surface area contributed by atoms with Gasteiger partial charge in [-0.3, -0.25) is 5.41 Å². The molecule has 0 saturated heterocycles. The monoisotopic (exact) mass is 465 g/mol. The summed E-state index contributed by atoms with van der Waals surface area (Å²) in [5.41, 5.74) is 9.57. The Morgan fingerprint density at radius 2 is 1.94 bits per heavy atom. The number of ether oxygens (including phenoxy) is 2. The normalized spacial score (nSPS) is 13.0. The van der Waals surface area contributed by atoms with E-state index in [2.05, 4.69) is 4.98 Å². The van der Waals surface area contributed by atoms with E-state index in [4.69, 9.17) is 25.6 Å². The first kappa shape index (κ1) is 23.6. The predicted molar refractivity (Wildman–Crippen MR) is 132 cm³/mol. The van der Waals surface area contributed by atoms with Crippen LogP contribution < -0.4 is 20.1 Å². The third-order valence-electron chi connectivity index (χ3n) is 5.76. The van der Waals surface area contributed by atoms with Crippen LogP contribution in [0.2, 0.25) is 0 Å². The second-order valence-electron chi connectivity index (χ2n) is 8.72. The summed E-state index contributed by atoms with van der Waals surface area (Å²) in [6.45, 7) is 6.39. The van der Waals surface area contributed by atoms with Gasteiger partial charge in [0, 0.05) is 29.1 Å². The molecule has 0 aliphatic heterocycles. The van der Waals surface area contributed by atoms with Crippen molar-refractivity contribution in [3.8, 4) is 11.5 Å². The van der Waals surface area contributed by atoms with Crippen molar-refractivity contribution in [2.75, 3.05) is 11.5 Å². The lowest BCUT2D eigenvalue weighted by Gasteiger charge is -2.26. The zero-order valence-electron chi connectivity index (χ0n) is 20.0. The molecule has 3 aromatic rings. The molecule has 180 valence electrons. The Labute approximate surface area is 199 Å². The number of nitrogens with one attached hydrogen (secondary N) is 2. The largest absolute Gasteiger partial charge is 0.494 e. The predicted octanol–water partition coefficient (Wildman–Crippen LogP) is 5.24. The van der Waals surface area contributed by atoms with Gasteiger partial charge in [-0.1, -0.05) is 0 Å². The summed E-state index contributed by atoms with van der Waals surface area (Å²) in [5.74, 6) is 0.951. The van der Waals surface area contributed by atoms with E-state index in [1.165, 1.54) is 5.69 Å². The highest BCUT2D eigenvalue weighted by Gasteiger charge is 2.23. The number of imidazole rings is 1. The number of nitrogen functional groups attached to an aromatic ring is 1. The summed E-state index contributed by atoms with van der Waals surface area (Å²) in [7, 11) is 0. The lowest BCUT2D eigenvalue weighted by Crippen LogP contribution is -2.20. The summed E-state index contributed by atoms with van der Waals surface area (Å²) in [6.07, 6.45) is 4.02. The number of halogens is 1. The van der Waals surface area contributed by atoms with E-state index in [9.17, 15) is 0 Å². The number of hydrogen-bond acceptors (Lipinski definition) is 5. The van der Waals surface area contributed by atoms with Gasteiger partial charge in [-0.25, -0.2) is 9.37 Å². The van der Waals surface area contributed by atoms with Gasteiger partial charge in [0.05, 0.1) is 30.6 Å². The summed E-state index contributed by atoms with van der Waals surface area (Å²) in [4.78, 5) is 10.1. The van der Waals surface area contributed by atoms with Gasteiger partial charge in [0.1, 0.15) is 17.4 Å². The Morgan fingerprint density at radius 3 is 2.59 bits per heavy atom. The minimum Gasteiger partial charge on any atom is -0.494 e. The van der Waals surface area contributed by atoms with Crippen molar-refractivity contribution in [3.63, 3.8) is 0 Å². The number of nitrogens with zero attached hydrogens (tertiary/aromatic N) is 2. The first-order valence-electron chi connectivity index (χ1n) is 11.8. The Hall–Kier alpha value is -3.55. The molecule has 0 radical (unpaired) electrons. The average Bonchev–Trinajstić information content (AvgIpc) is 3.22. The minimum absolute atomic E-state index is 0.0195. The molecule has 0 saturated carbocycles. The van der Waals surface area contributed by atoms with E-state index in [1.54, 1.807) is 24.3 Å². The molecule has 0 atom stereocenters. The van der Waals surface area contributed by atoms with E-state index in [1.807, 2.05) is 37.8 Å². The van der Waals surface area contributed by atoms with Crippen LogP contribution in [0.1, 0.15) is 56.4 Å². The zero-order valence-corrected chi connectivity index (χ0v) is 20.0. The Kier molecular flexibility index (Phi) is 7.05. The number of anilines is 2. The molecule has 0 unspecified atom stereocenters. The molecule has 2 aromatic carbocycles. The number of aryl methyl sites for hydroxylation is 2. The topological polar surface area (TPSA) is 100 Å². The summed E-state index contributed by atoms with van der Waals surface area (Å²) in [6, 6.07) is 10.4. The summed E-state index contributed by atoms with van der Waals surface area (Å²) < 4.78 is 27.3. The highest BCUT2D eigenvalue weighted by atomic mass is 19.1. The SMILES string of the molecule is CCOc1cc(OC(C)C)c(F)c(N(Cc2nc3c([nH]2)CCCC3)c2ccc(C(=N)N)cc2)c1. The van der Waals surface area contributed by atoms with Crippen LogP contribution in [0.3, 0.4) is 0 Å². The summed E-state index contributed by atoms with van der Waals surface area (Å²) in [5, 5.41) is 7.69. The molecule has 7 nitrogen and oxygen atoms in total. The van der Waals surface area contributed by atoms with E-state index < -0.39 is 5.82 Å². The van der Waals surface area contributed by atoms with E-state index in [0.29, 0.717) is 30.2 Å². The molecule has 1 heterocycles. The van der Waals surface area contributed by atoms with E-state index >= 15 is 4.39 Å². The van der Waals surface area contributed by atoms with Gasteiger partial charge in [-0.2, -0.15) is 0 Å². The molecule has 1 aromatic heterocycles. The van der Waals surface area contributed by atoms with Crippen molar-refractivity contribution in [3.05, 3.63) is 65.0 Å². The maximum Gasteiger partial charge on any atom is 0.188 e. The number of amidine groups is 1. The van der Waals surface area contributed by atoms with Gasteiger partial charge < -0.3 is 25.1 Å². The fourth-order valence-corrected chi connectivity index (χ4v) is 4.22. The van der Waals surface area contributed by atoms with Crippen LogP contribution in [0, 0.1) is 11.2 Å². The zero-order chi connectivity index (χ0) is 24.2. The van der Waals surface area contributed by atoms with Crippen LogP contribution in [0.5, 0.6) is 11.5 Å². The smallest absolute Gasteiger partial charge is 0.188 e. The van der Waals surface area contributed by atoms with Crippen molar-refractivity contribution in [2.24, 2.45) is 5.73 Å². The standard InChI is InChI=1S/C26H32FN5O2/c1-4-33-19-13-22(25(27)23(14-19)34-16(2)3)32(18-11-9-17(10-12-18)26(28)29)15-24-30-20-7-5-6-8-21(20)31-24/h9-14,16H,4-8,15H2,1-3H3,(H3,28,29)(H,30,31). The number of H-pyrrole nitrogens is 1. The third-order valence-corrected chi connectivity index (χ3v) is 5.76. The van der Waals surface area contributed by atoms with Crippen LogP contribution in [-0.2, 0) is 19.4 Å². The molecule has 4 rings (SSSR count). The lowest BCUT2D eigenvalue weighted by molar-refractivity contribution is 0.229. The van der Waals surface area contributed by atoms with Gasteiger partial charge >= 0.3 is 0 Å². The van der Waals surface area contributed by atoms with Gasteiger partial charge in [0.2, 0.25) is 0 Å². The highest BCUT2D eigenvalue weighted by molar-refractivity contribution is 5.95. The van der Waals surface area contributed by atoms with Crippen molar-refractivity contribution in [2.45, 2.75) is 59.1 Å². The Bertz CT molecular complexity index is 1130. The van der Waals surface area contributed by atoms with Crippen molar-refractivity contribution in [1.82, 2.24) is 9.97 Å². The average molecular weight is 466 g/mol. The Balaban J connectivity index is 1.80. The maximum atomic E-state index is 15.8. The summed E-state index contributed by atoms with van der Waals surface area (Å²) >= 11 is 0. The number of aromatic nitrogens is 2. The number of fused-ring (bicyclic) bond motifs is 1. The van der Waals surface area contributed by atoms with Gasteiger partial charge in [-0.15, -0.1) is 0 Å². The van der Waals surface area contributed by atoms with Crippen molar-refractivity contribution in [1.29, 1.82) is 5.41 Å². The molecular weight excluding hydrogens is 433 g/mol. The first-order chi connectivity index (χ1) is 16.4. The van der Waals surface area contributed by atoms with Crippen LogP contribution in [-0.4, -0.2) is 28.5 Å². The molecule has 0 fully saturated rings. The number of benzene rings is 2. The number of aromatic amines is 1. The van der Waals surface area contributed by atoms with Crippen LogP contribution in [0.4, 0.5) is 15.8 Å². The quantitative estimate of drug-likeness (QED) is 0.297. The first-order valence-corrected chi connectivity index (χ1v) is 11.8. The minimum atomic E-state index is -0.468. The fourth-order valence-electron chi connectivity index (χ4n) is 4.22. The fraction of sp³-hybridized carbons (Fsp3) is 0.385. The van der Waals surface area contributed by atoms with Crippen molar-refractivity contribution < 1.29 is 13.9 Å². The Morgan fingerprint density at radius 1 is 1.21 bits per heavy atom. The van der Waals surface area contributed by atoms with Crippen LogP contribution in [0.15, 0.2) is 36.4 Å². The van der Waals surface area contributed by atoms with Crippen LogP contribution >= 0.6 is 0 Å². The van der Waals surface area contributed by atoms with Gasteiger partial charge in [0.25, 0.3) is 0 Å². The van der Waals surface area contributed by atoms with Crippen molar-refractivity contribution >= 4 is 17.2 Å². The second-order valence-corrected chi connectivity index (χ2v) is 8.72. The molecule has 1 aliphatic rings. The van der Waals surface area contributed by atoms with Gasteiger partial charge in [0.15, 0.2) is 11.6 Å². The second kappa shape index (κ2) is 10.2. The number of nitrogens with two attached hydrogens (primary N) is 1. The molecule has 1 aliphatic carbocycles. The lowest BCUT2D eigenvalue weighted by atomic mass is 10.0. The van der Waals surface area contributed by atoms with Gasteiger partial charge in [-0.05, 0) is 70.7 Å². The highest BCUT2D eigenvalue weighted by Crippen LogP contribution is 2.38. The van der Waals surface area contributed by atoms with Crippen LogP contribution in [0.25, 0.3) is 0 Å². The van der Waals surface area contributed by atoms with E-state index in [0.717, 1.165) is 42.9 Å². The maximum absolute atomic E-state index is 15.8.